The van der Waals surface area contributed by atoms with Crippen molar-refractivity contribution >= 4 is 5.96 Å². The molecule has 8 heteroatoms. The fourth-order valence-corrected chi connectivity index (χ4v) is 3.59. The minimum atomic E-state index is -2.47. The molecule has 2 fully saturated rings. The number of likely N-dealkylation sites (tertiary alicyclic amines) is 1. The summed E-state index contributed by atoms with van der Waals surface area (Å²) >= 11 is 0. The number of hydrogen-bond donors (Lipinski definition) is 1. The number of nitrogens with one attached hydrogen (secondary N) is 1. The molecule has 1 aromatic rings. The Morgan fingerprint density at radius 3 is 2.89 bits per heavy atom. The molecule has 1 aromatic carbocycles. The van der Waals surface area contributed by atoms with Crippen LogP contribution >= 0.6 is 0 Å². The highest BCUT2D eigenvalue weighted by atomic mass is 19.3. The van der Waals surface area contributed by atoms with E-state index in [9.17, 15) is 8.78 Å². The molecule has 0 bridgehead atoms. The van der Waals surface area contributed by atoms with Crippen molar-refractivity contribution in [3.8, 4) is 5.75 Å². The second kappa shape index (κ2) is 9.85. The number of hydrogen-bond acceptors (Lipinski definition) is 4. The Balaban J connectivity index is 1.50. The van der Waals surface area contributed by atoms with E-state index < -0.39 is 13.0 Å². The van der Waals surface area contributed by atoms with Gasteiger partial charge in [0.1, 0.15) is 12.4 Å². The third-order valence-corrected chi connectivity index (χ3v) is 4.96. The molecule has 27 heavy (non-hydrogen) atoms. The summed E-state index contributed by atoms with van der Waals surface area (Å²) in [5.74, 6) is 1.32. The van der Waals surface area contributed by atoms with Crippen molar-refractivity contribution in [2.24, 2.45) is 4.99 Å². The minimum Gasteiger partial charge on any atom is -0.488 e. The molecular formula is C19H28F2N4O2. The molecule has 0 aliphatic carbocycles. The third-order valence-electron chi connectivity index (χ3n) is 4.96. The standard InChI is InChI=1S/C19H28F2N4O2/c1-22-19(25-6-5-16(13-25)24-7-9-26-10-8-24)23-12-15-3-2-4-17(11-15)27-14-18(20)21/h2-4,11,16,18H,5-10,12-14H2,1H3,(H,22,23). The second-order valence-electron chi connectivity index (χ2n) is 6.79. The molecule has 0 saturated carbocycles. The predicted octanol–water partition coefficient (Wildman–Crippen LogP) is 1.81. The number of ether oxygens (including phenoxy) is 2. The van der Waals surface area contributed by atoms with Crippen LogP contribution in [-0.2, 0) is 11.3 Å². The zero-order valence-corrected chi connectivity index (χ0v) is 15.7. The van der Waals surface area contributed by atoms with Crippen LogP contribution in [0.5, 0.6) is 5.75 Å². The Morgan fingerprint density at radius 1 is 1.33 bits per heavy atom. The van der Waals surface area contributed by atoms with Gasteiger partial charge in [0.25, 0.3) is 6.43 Å². The fraction of sp³-hybridized carbons (Fsp3) is 0.632. The molecule has 150 valence electrons. The Kier molecular flexibility index (Phi) is 7.23. The van der Waals surface area contributed by atoms with Gasteiger partial charge < -0.3 is 19.7 Å². The molecule has 1 atom stereocenters. The van der Waals surface area contributed by atoms with Gasteiger partial charge in [0.15, 0.2) is 5.96 Å². The lowest BCUT2D eigenvalue weighted by Gasteiger charge is -2.32. The van der Waals surface area contributed by atoms with Gasteiger partial charge in [0.05, 0.1) is 13.2 Å². The number of guanidine groups is 1. The number of nitrogens with zero attached hydrogens (tertiary/aromatic N) is 3. The Labute approximate surface area is 159 Å². The van der Waals surface area contributed by atoms with Gasteiger partial charge in [-0.15, -0.1) is 0 Å². The van der Waals surface area contributed by atoms with Gasteiger partial charge in [0.2, 0.25) is 0 Å². The monoisotopic (exact) mass is 382 g/mol. The molecule has 2 saturated heterocycles. The highest BCUT2D eigenvalue weighted by Crippen LogP contribution is 2.18. The van der Waals surface area contributed by atoms with Crippen LogP contribution in [-0.4, -0.2) is 81.3 Å². The van der Waals surface area contributed by atoms with E-state index in [-0.39, 0.29) is 0 Å². The summed E-state index contributed by atoms with van der Waals surface area (Å²) in [6.45, 7) is 5.52. The molecule has 2 aliphatic heterocycles. The smallest absolute Gasteiger partial charge is 0.272 e. The molecule has 6 nitrogen and oxygen atoms in total. The SMILES string of the molecule is CN=C(NCc1cccc(OCC(F)F)c1)N1CCC(N2CCOCC2)C1. The van der Waals surface area contributed by atoms with Crippen LogP contribution in [0.15, 0.2) is 29.3 Å². The van der Waals surface area contributed by atoms with Crippen molar-refractivity contribution in [2.45, 2.75) is 25.4 Å². The van der Waals surface area contributed by atoms with Crippen molar-refractivity contribution < 1.29 is 18.3 Å². The second-order valence-corrected chi connectivity index (χ2v) is 6.79. The van der Waals surface area contributed by atoms with Crippen LogP contribution in [0.4, 0.5) is 8.78 Å². The average Bonchev–Trinajstić information content (AvgIpc) is 3.18. The van der Waals surface area contributed by atoms with Crippen molar-refractivity contribution in [3.05, 3.63) is 29.8 Å². The summed E-state index contributed by atoms with van der Waals surface area (Å²) in [7, 11) is 1.78. The van der Waals surface area contributed by atoms with Crippen LogP contribution in [0.3, 0.4) is 0 Å². The predicted molar refractivity (Wildman–Crippen MR) is 101 cm³/mol. The topological polar surface area (TPSA) is 49.3 Å². The molecular weight excluding hydrogens is 354 g/mol. The normalized spacial score (nSPS) is 21.7. The van der Waals surface area contributed by atoms with Gasteiger partial charge in [-0.2, -0.15) is 0 Å². The van der Waals surface area contributed by atoms with Crippen molar-refractivity contribution in [3.63, 3.8) is 0 Å². The van der Waals surface area contributed by atoms with Gasteiger partial charge in [-0.1, -0.05) is 12.1 Å². The maximum Gasteiger partial charge on any atom is 0.272 e. The van der Waals surface area contributed by atoms with Gasteiger partial charge in [-0.25, -0.2) is 8.78 Å². The zero-order chi connectivity index (χ0) is 19.1. The first-order valence-corrected chi connectivity index (χ1v) is 9.43. The van der Waals surface area contributed by atoms with Gasteiger partial charge in [0, 0.05) is 45.8 Å². The summed E-state index contributed by atoms with van der Waals surface area (Å²) in [4.78, 5) is 9.18. The zero-order valence-electron chi connectivity index (χ0n) is 15.7. The summed E-state index contributed by atoms with van der Waals surface area (Å²) in [6.07, 6.45) is -1.35. The molecule has 2 heterocycles. The lowest BCUT2D eigenvalue weighted by atomic mass is 10.2. The Hall–Kier alpha value is -1.93. The largest absolute Gasteiger partial charge is 0.488 e. The van der Waals surface area contributed by atoms with Crippen LogP contribution in [0.1, 0.15) is 12.0 Å². The first-order chi connectivity index (χ1) is 13.2. The van der Waals surface area contributed by atoms with Gasteiger partial charge >= 0.3 is 0 Å². The Morgan fingerprint density at radius 2 is 2.15 bits per heavy atom. The van der Waals surface area contributed by atoms with E-state index in [1.54, 1.807) is 19.2 Å². The van der Waals surface area contributed by atoms with E-state index in [2.05, 4.69) is 20.1 Å². The lowest BCUT2D eigenvalue weighted by molar-refractivity contribution is 0.0195. The number of rotatable bonds is 6. The van der Waals surface area contributed by atoms with Crippen molar-refractivity contribution in [2.75, 3.05) is 53.0 Å². The number of benzene rings is 1. The van der Waals surface area contributed by atoms with E-state index in [4.69, 9.17) is 9.47 Å². The average molecular weight is 382 g/mol. The number of aliphatic imine (C=N–C) groups is 1. The first-order valence-electron chi connectivity index (χ1n) is 9.43. The molecule has 0 radical (unpaired) electrons. The third kappa shape index (κ3) is 5.77. The van der Waals surface area contributed by atoms with Gasteiger partial charge in [-0.3, -0.25) is 9.89 Å². The van der Waals surface area contributed by atoms with Crippen LogP contribution < -0.4 is 10.1 Å². The van der Waals surface area contributed by atoms with E-state index >= 15 is 0 Å². The molecule has 1 N–H and O–H groups in total. The Bertz CT molecular complexity index is 623. The van der Waals surface area contributed by atoms with Crippen LogP contribution in [0, 0.1) is 0 Å². The summed E-state index contributed by atoms with van der Waals surface area (Å²) in [5.41, 5.74) is 0.965. The maximum atomic E-state index is 12.3. The van der Waals surface area contributed by atoms with Crippen molar-refractivity contribution in [1.82, 2.24) is 15.1 Å². The number of halogens is 2. The molecule has 0 spiro atoms. The molecule has 3 rings (SSSR count). The number of morpholine rings is 1. The number of alkyl halides is 2. The highest BCUT2D eigenvalue weighted by Gasteiger charge is 2.30. The molecule has 1 unspecified atom stereocenters. The van der Waals surface area contributed by atoms with E-state index in [0.717, 1.165) is 57.3 Å². The lowest BCUT2D eigenvalue weighted by Crippen LogP contribution is -2.46. The van der Waals surface area contributed by atoms with E-state index in [1.807, 2.05) is 12.1 Å². The fourth-order valence-electron chi connectivity index (χ4n) is 3.59. The highest BCUT2D eigenvalue weighted by molar-refractivity contribution is 5.80. The van der Waals surface area contributed by atoms with E-state index in [1.165, 1.54) is 0 Å². The maximum absolute atomic E-state index is 12.3. The summed E-state index contributed by atoms with van der Waals surface area (Å²) in [6, 6.07) is 7.76. The molecule has 2 aliphatic rings. The summed E-state index contributed by atoms with van der Waals surface area (Å²) < 4.78 is 35.1. The molecule has 0 amide bonds. The van der Waals surface area contributed by atoms with Gasteiger partial charge in [-0.05, 0) is 24.1 Å². The van der Waals surface area contributed by atoms with E-state index in [0.29, 0.717) is 18.3 Å². The van der Waals surface area contributed by atoms with Crippen molar-refractivity contribution in [1.29, 1.82) is 0 Å². The molecule has 0 aromatic heterocycles. The quantitative estimate of drug-likeness (QED) is 0.601. The minimum absolute atomic E-state index is 0.457. The van der Waals surface area contributed by atoms with Crippen LogP contribution in [0.25, 0.3) is 0 Å². The van der Waals surface area contributed by atoms with Crippen LogP contribution in [0.2, 0.25) is 0 Å². The first kappa shape index (κ1) is 19.8. The summed E-state index contributed by atoms with van der Waals surface area (Å²) in [5, 5.41) is 3.37.